The van der Waals surface area contributed by atoms with Crippen LogP contribution in [0.2, 0.25) is 0 Å². The molecule has 3 nitrogen and oxygen atoms in total. The first-order valence-electron chi connectivity index (χ1n) is 16.3. The predicted molar refractivity (Wildman–Crippen MR) is 156 cm³/mol. The van der Waals surface area contributed by atoms with Crippen LogP contribution in [0.3, 0.4) is 0 Å². The van der Waals surface area contributed by atoms with Crippen LogP contribution in [0.15, 0.2) is 0 Å². The highest BCUT2D eigenvalue weighted by Crippen LogP contribution is 2.21. The van der Waals surface area contributed by atoms with Gasteiger partial charge in [0.2, 0.25) is 0 Å². The molecule has 1 atom stereocenters. The summed E-state index contributed by atoms with van der Waals surface area (Å²) in [4.78, 5) is 2.74. The van der Waals surface area contributed by atoms with E-state index in [1.54, 1.807) is 0 Å². The highest BCUT2D eigenvalue weighted by atomic mass is 16.5. The average Bonchev–Trinajstić information content (AvgIpc) is 2.88. The molecule has 0 aromatic heterocycles. The Kier molecular flexibility index (Phi) is 22.8. The molecule has 0 bridgehead atoms. The third-order valence-corrected chi connectivity index (χ3v) is 8.15. The van der Waals surface area contributed by atoms with Crippen molar-refractivity contribution in [3.05, 3.63) is 0 Å². The highest BCUT2D eigenvalue weighted by molar-refractivity contribution is 4.75. The van der Waals surface area contributed by atoms with Crippen LogP contribution >= 0.6 is 0 Å². The van der Waals surface area contributed by atoms with Crippen LogP contribution in [0.1, 0.15) is 156 Å². The quantitative estimate of drug-likeness (QED) is 0.128. The van der Waals surface area contributed by atoms with E-state index in [0.29, 0.717) is 6.10 Å². The minimum atomic E-state index is 0.508. The van der Waals surface area contributed by atoms with E-state index in [9.17, 15) is 0 Å². The molecule has 1 aliphatic heterocycles. The van der Waals surface area contributed by atoms with Crippen molar-refractivity contribution >= 4 is 0 Å². The summed E-state index contributed by atoms with van der Waals surface area (Å²) in [5.74, 6) is 0.919. The van der Waals surface area contributed by atoms with Gasteiger partial charge in [0.05, 0.1) is 6.10 Å². The number of rotatable bonds is 25. The molecule has 0 saturated carbocycles. The summed E-state index contributed by atoms with van der Waals surface area (Å²) in [6.07, 6.45) is 27.7. The second-order valence-corrected chi connectivity index (χ2v) is 11.6. The summed E-state index contributed by atoms with van der Waals surface area (Å²) in [6.45, 7) is 15.2. The summed E-state index contributed by atoms with van der Waals surface area (Å²) in [5.41, 5.74) is 0. The van der Waals surface area contributed by atoms with Crippen LogP contribution in [0, 0.1) is 5.92 Å². The topological polar surface area (TPSA) is 24.5 Å². The zero-order chi connectivity index (χ0) is 25.4. The summed E-state index contributed by atoms with van der Waals surface area (Å²) < 4.78 is 6.30. The van der Waals surface area contributed by atoms with Gasteiger partial charge in [-0.1, -0.05) is 105 Å². The molecule has 0 aromatic rings. The number of unbranched alkanes of at least 4 members (excludes halogenated alkanes) is 9. The van der Waals surface area contributed by atoms with Crippen molar-refractivity contribution in [3.63, 3.8) is 0 Å². The zero-order valence-corrected chi connectivity index (χ0v) is 24.8. The molecule has 1 saturated heterocycles. The molecule has 1 heterocycles. The Morgan fingerprint density at radius 3 is 1.86 bits per heavy atom. The van der Waals surface area contributed by atoms with E-state index >= 15 is 0 Å². The summed E-state index contributed by atoms with van der Waals surface area (Å²) in [6, 6.07) is 0.743. The number of piperidine rings is 1. The number of likely N-dealkylation sites (tertiary alicyclic amines) is 1. The molecule has 0 radical (unpaired) electrons. The van der Waals surface area contributed by atoms with Gasteiger partial charge in [0, 0.05) is 32.3 Å². The molecule has 3 heteroatoms. The van der Waals surface area contributed by atoms with Gasteiger partial charge in [-0.3, -0.25) is 0 Å². The lowest BCUT2D eigenvalue weighted by molar-refractivity contribution is 0.00255. The second kappa shape index (κ2) is 24.2. The van der Waals surface area contributed by atoms with Gasteiger partial charge in [0.15, 0.2) is 0 Å². The minimum Gasteiger partial charge on any atom is -0.378 e. The Morgan fingerprint density at radius 1 is 0.657 bits per heavy atom. The second-order valence-electron chi connectivity index (χ2n) is 11.6. The highest BCUT2D eigenvalue weighted by Gasteiger charge is 2.21. The number of nitrogens with one attached hydrogen (secondary N) is 1. The van der Waals surface area contributed by atoms with Crippen LogP contribution in [-0.4, -0.2) is 49.8 Å². The normalized spacial score (nSPS) is 16.4. The lowest BCUT2D eigenvalue weighted by atomic mass is 9.94. The van der Waals surface area contributed by atoms with Crippen molar-refractivity contribution in [2.24, 2.45) is 5.92 Å². The molecule has 1 aliphatic rings. The van der Waals surface area contributed by atoms with Gasteiger partial charge < -0.3 is 15.0 Å². The maximum absolute atomic E-state index is 6.30. The van der Waals surface area contributed by atoms with E-state index in [1.165, 1.54) is 155 Å². The minimum absolute atomic E-state index is 0.508. The van der Waals surface area contributed by atoms with Crippen molar-refractivity contribution in [1.29, 1.82) is 0 Å². The molecule has 210 valence electrons. The van der Waals surface area contributed by atoms with E-state index < -0.39 is 0 Å². The maximum atomic E-state index is 6.30. The first-order valence-corrected chi connectivity index (χ1v) is 16.3. The van der Waals surface area contributed by atoms with Gasteiger partial charge in [0.1, 0.15) is 0 Å². The van der Waals surface area contributed by atoms with Crippen molar-refractivity contribution in [3.8, 4) is 0 Å². The molecule has 0 spiro atoms. The molecule has 35 heavy (non-hydrogen) atoms. The SMILES string of the molecule is CCCCCCCC(CCCCC)NCCCCOC1CCN(CC(CCCC)CCCC)CC1. The monoisotopic (exact) mass is 495 g/mol. The third-order valence-electron chi connectivity index (χ3n) is 8.15. The molecule has 1 N–H and O–H groups in total. The van der Waals surface area contributed by atoms with Crippen LogP contribution in [-0.2, 0) is 4.74 Å². The molecule has 0 aromatic carbocycles. The lowest BCUT2D eigenvalue weighted by Crippen LogP contribution is -2.39. The Morgan fingerprint density at radius 2 is 1.23 bits per heavy atom. The lowest BCUT2D eigenvalue weighted by Gasteiger charge is -2.34. The van der Waals surface area contributed by atoms with Crippen LogP contribution < -0.4 is 5.32 Å². The fraction of sp³-hybridized carbons (Fsp3) is 1.00. The average molecular weight is 495 g/mol. The maximum Gasteiger partial charge on any atom is 0.0599 e. The largest absolute Gasteiger partial charge is 0.378 e. The van der Waals surface area contributed by atoms with Gasteiger partial charge in [0.25, 0.3) is 0 Å². The number of hydrogen-bond donors (Lipinski definition) is 1. The Hall–Kier alpha value is -0.120. The Bertz CT molecular complexity index is 414. The fourth-order valence-electron chi connectivity index (χ4n) is 5.70. The van der Waals surface area contributed by atoms with Gasteiger partial charge in [-0.15, -0.1) is 0 Å². The summed E-state index contributed by atoms with van der Waals surface area (Å²) >= 11 is 0. The third kappa shape index (κ3) is 18.7. The number of nitrogens with zero attached hydrogens (tertiary/aromatic N) is 1. The van der Waals surface area contributed by atoms with Crippen molar-refractivity contribution in [1.82, 2.24) is 10.2 Å². The van der Waals surface area contributed by atoms with Crippen LogP contribution in [0.5, 0.6) is 0 Å². The first kappa shape index (κ1) is 32.9. The van der Waals surface area contributed by atoms with Gasteiger partial charge in [-0.25, -0.2) is 0 Å². The van der Waals surface area contributed by atoms with E-state index in [0.717, 1.165) is 18.6 Å². The Labute approximate surface area is 221 Å². The molecule has 1 fully saturated rings. The predicted octanol–water partition coefficient (Wildman–Crippen LogP) is 9.14. The van der Waals surface area contributed by atoms with Gasteiger partial charge in [-0.05, 0) is 63.8 Å². The molecular weight excluding hydrogens is 428 g/mol. The first-order chi connectivity index (χ1) is 17.2. The molecule has 1 rings (SSSR count). The molecule has 1 unspecified atom stereocenters. The van der Waals surface area contributed by atoms with E-state index in [2.05, 4.69) is 37.9 Å². The molecular formula is C32H66N2O. The van der Waals surface area contributed by atoms with Crippen LogP contribution in [0.25, 0.3) is 0 Å². The standard InChI is InChI=1S/C32H66N2O/c1-5-9-13-14-16-22-31(21-15-10-6-2)33-25-17-18-28-35-32-23-26-34(27-24-32)29-30(19-11-7-3)20-12-8-4/h30-33H,5-29H2,1-4H3. The Balaban J connectivity index is 2.12. The van der Waals surface area contributed by atoms with Gasteiger partial charge in [-0.2, -0.15) is 0 Å². The summed E-state index contributed by atoms with van der Waals surface area (Å²) in [5, 5.41) is 3.90. The number of hydrogen-bond acceptors (Lipinski definition) is 3. The summed E-state index contributed by atoms with van der Waals surface area (Å²) in [7, 11) is 0. The van der Waals surface area contributed by atoms with Crippen LogP contribution in [0.4, 0.5) is 0 Å². The zero-order valence-electron chi connectivity index (χ0n) is 24.8. The van der Waals surface area contributed by atoms with Crippen molar-refractivity contribution in [2.75, 3.05) is 32.8 Å². The number of ether oxygens (including phenoxy) is 1. The van der Waals surface area contributed by atoms with E-state index in [-0.39, 0.29) is 0 Å². The van der Waals surface area contributed by atoms with E-state index in [1.807, 2.05) is 0 Å². The van der Waals surface area contributed by atoms with Crippen molar-refractivity contribution < 1.29 is 4.74 Å². The molecule has 0 amide bonds. The molecule has 0 aliphatic carbocycles. The van der Waals surface area contributed by atoms with Gasteiger partial charge >= 0.3 is 0 Å². The smallest absolute Gasteiger partial charge is 0.0599 e. The van der Waals surface area contributed by atoms with E-state index in [4.69, 9.17) is 4.74 Å². The van der Waals surface area contributed by atoms with Crippen molar-refractivity contribution in [2.45, 2.75) is 168 Å². The fourth-order valence-corrected chi connectivity index (χ4v) is 5.70.